The standard InChI is InChI=1S/C18H23N3O4S/c1-20-12-16(26(23,24)21-8-3-4-9-21)11-17(20)18(22)19-15-7-5-6-14(10-15)13-25-2/h5-7,10-12H,3-4,8-9,13H2,1-2H3,(H,19,22). The molecule has 1 saturated heterocycles. The average Bonchev–Trinajstić information content (AvgIpc) is 3.25. The summed E-state index contributed by atoms with van der Waals surface area (Å²) in [5.74, 6) is -0.357. The predicted molar refractivity (Wildman–Crippen MR) is 98.5 cm³/mol. The first-order chi connectivity index (χ1) is 12.4. The van der Waals surface area contributed by atoms with Crippen LogP contribution in [-0.4, -0.2) is 43.4 Å². The van der Waals surface area contributed by atoms with Crippen molar-refractivity contribution in [1.29, 1.82) is 0 Å². The molecule has 0 radical (unpaired) electrons. The molecule has 7 nitrogen and oxygen atoms in total. The van der Waals surface area contributed by atoms with Gasteiger partial charge in [-0.15, -0.1) is 0 Å². The van der Waals surface area contributed by atoms with E-state index in [2.05, 4.69) is 5.32 Å². The summed E-state index contributed by atoms with van der Waals surface area (Å²) in [6.45, 7) is 1.52. The van der Waals surface area contributed by atoms with E-state index in [9.17, 15) is 13.2 Å². The Labute approximate surface area is 153 Å². The third kappa shape index (κ3) is 3.82. The number of nitrogens with zero attached hydrogens (tertiary/aromatic N) is 2. The van der Waals surface area contributed by atoms with Gasteiger partial charge in [-0.2, -0.15) is 4.31 Å². The van der Waals surface area contributed by atoms with Crippen LogP contribution in [0.4, 0.5) is 5.69 Å². The molecule has 0 unspecified atom stereocenters. The van der Waals surface area contributed by atoms with Gasteiger partial charge in [-0.1, -0.05) is 12.1 Å². The largest absolute Gasteiger partial charge is 0.380 e. The van der Waals surface area contributed by atoms with Gasteiger partial charge in [0.05, 0.1) is 6.61 Å². The van der Waals surface area contributed by atoms with Crippen LogP contribution >= 0.6 is 0 Å². The van der Waals surface area contributed by atoms with Gasteiger partial charge in [-0.3, -0.25) is 4.79 Å². The van der Waals surface area contributed by atoms with Gasteiger partial charge in [0.1, 0.15) is 10.6 Å². The van der Waals surface area contributed by atoms with Crippen LogP contribution in [0.25, 0.3) is 0 Å². The molecule has 1 aromatic carbocycles. The maximum Gasteiger partial charge on any atom is 0.272 e. The van der Waals surface area contributed by atoms with Crippen molar-refractivity contribution in [3.8, 4) is 0 Å². The van der Waals surface area contributed by atoms with Gasteiger partial charge in [-0.05, 0) is 36.6 Å². The predicted octanol–water partition coefficient (Wildman–Crippen LogP) is 2.21. The van der Waals surface area contributed by atoms with Crippen molar-refractivity contribution < 1.29 is 17.9 Å². The van der Waals surface area contributed by atoms with Crippen molar-refractivity contribution in [2.75, 3.05) is 25.5 Å². The minimum absolute atomic E-state index is 0.153. The summed E-state index contributed by atoms with van der Waals surface area (Å²) in [4.78, 5) is 12.7. The summed E-state index contributed by atoms with van der Waals surface area (Å²) in [6.07, 6.45) is 3.23. The number of carbonyl (C=O) groups excluding carboxylic acids is 1. The SMILES string of the molecule is COCc1cccc(NC(=O)c2cc(S(=O)(=O)N3CCCC3)cn2C)c1. The Balaban J connectivity index is 1.80. The number of anilines is 1. The fourth-order valence-electron chi connectivity index (χ4n) is 3.08. The third-order valence-electron chi connectivity index (χ3n) is 4.41. The van der Waals surface area contributed by atoms with Crippen molar-refractivity contribution >= 4 is 21.6 Å². The second-order valence-corrected chi connectivity index (χ2v) is 8.31. The highest BCUT2D eigenvalue weighted by Crippen LogP contribution is 2.23. The molecule has 0 spiro atoms. The zero-order valence-corrected chi connectivity index (χ0v) is 15.8. The van der Waals surface area contributed by atoms with Gasteiger partial charge in [-0.25, -0.2) is 8.42 Å². The molecule has 1 N–H and O–H groups in total. The molecule has 26 heavy (non-hydrogen) atoms. The van der Waals surface area contributed by atoms with Crippen molar-refractivity contribution in [3.05, 3.63) is 47.8 Å². The maximum absolute atomic E-state index is 12.7. The molecule has 1 aliphatic rings. The smallest absolute Gasteiger partial charge is 0.272 e. The van der Waals surface area contributed by atoms with E-state index in [0.717, 1.165) is 18.4 Å². The molecule has 140 valence electrons. The Hall–Kier alpha value is -2.16. The Morgan fingerprint density at radius 2 is 1.96 bits per heavy atom. The van der Waals surface area contributed by atoms with Crippen molar-refractivity contribution in [3.63, 3.8) is 0 Å². The van der Waals surface area contributed by atoms with E-state index in [1.165, 1.54) is 21.1 Å². The van der Waals surface area contributed by atoms with Crippen molar-refractivity contribution in [2.45, 2.75) is 24.3 Å². The highest BCUT2D eigenvalue weighted by molar-refractivity contribution is 7.89. The van der Waals surface area contributed by atoms with Crippen LogP contribution in [0.1, 0.15) is 28.9 Å². The number of rotatable bonds is 6. The van der Waals surface area contributed by atoms with Crippen LogP contribution in [0.3, 0.4) is 0 Å². The number of aromatic nitrogens is 1. The Bertz CT molecular complexity index is 899. The van der Waals surface area contributed by atoms with Crippen LogP contribution in [0.2, 0.25) is 0 Å². The average molecular weight is 377 g/mol. The van der Waals surface area contributed by atoms with Gasteiger partial charge in [0, 0.05) is 39.1 Å². The van der Waals surface area contributed by atoms with Gasteiger partial charge in [0.2, 0.25) is 10.0 Å². The van der Waals surface area contributed by atoms with Crippen LogP contribution < -0.4 is 5.32 Å². The van der Waals surface area contributed by atoms with Gasteiger partial charge >= 0.3 is 0 Å². The molecule has 3 rings (SSSR count). The molecule has 1 aromatic heterocycles. The molecular weight excluding hydrogens is 354 g/mol. The molecule has 0 saturated carbocycles. The zero-order valence-electron chi connectivity index (χ0n) is 14.9. The van der Waals surface area contributed by atoms with E-state index in [-0.39, 0.29) is 10.8 Å². The van der Waals surface area contributed by atoms with Crippen LogP contribution in [0.5, 0.6) is 0 Å². The van der Waals surface area contributed by atoms with E-state index >= 15 is 0 Å². The Morgan fingerprint density at radius 1 is 1.23 bits per heavy atom. The highest BCUT2D eigenvalue weighted by Gasteiger charge is 2.29. The molecular formula is C18H23N3O4S. The van der Waals surface area contributed by atoms with E-state index < -0.39 is 10.0 Å². The number of hydrogen-bond donors (Lipinski definition) is 1. The monoisotopic (exact) mass is 377 g/mol. The van der Waals surface area contributed by atoms with Crippen molar-refractivity contribution in [2.24, 2.45) is 7.05 Å². The number of amides is 1. The number of methoxy groups -OCH3 is 1. The Kier molecular flexibility index (Phi) is 5.45. The number of ether oxygens (including phenoxy) is 1. The molecule has 2 heterocycles. The van der Waals surface area contributed by atoms with Gasteiger partial charge in [0.25, 0.3) is 5.91 Å². The van der Waals surface area contributed by atoms with E-state index in [1.54, 1.807) is 20.2 Å². The molecule has 0 aliphatic carbocycles. The summed E-state index contributed by atoms with van der Waals surface area (Å²) in [7, 11) is -0.270. The summed E-state index contributed by atoms with van der Waals surface area (Å²) < 4.78 is 33.4. The number of benzene rings is 1. The number of hydrogen-bond acceptors (Lipinski definition) is 4. The number of nitrogens with one attached hydrogen (secondary N) is 1. The quantitative estimate of drug-likeness (QED) is 0.837. The number of aryl methyl sites for hydroxylation is 1. The van der Waals surface area contributed by atoms with E-state index in [1.807, 2.05) is 18.2 Å². The van der Waals surface area contributed by atoms with Gasteiger partial charge in [0.15, 0.2) is 0 Å². The fourth-order valence-corrected chi connectivity index (χ4v) is 4.67. The summed E-state index contributed by atoms with van der Waals surface area (Å²) in [5.41, 5.74) is 1.86. The lowest BCUT2D eigenvalue weighted by Crippen LogP contribution is -2.27. The lowest BCUT2D eigenvalue weighted by molar-refractivity contribution is 0.101. The first-order valence-electron chi connectivity index (χ1n) is 8.47. The first kappa shape index (κ1) is 18.6. The third-order valence-corrected chi connectivity index (χ3v) is 6.28. The van der Waals surface area contributed by atoms with E-state index in [0.29, 0.717) is 31.1 Å². The molecule has 1 fully saturated rings. The van der Waals surface area contributed by atoms with Crippen LogP contribution in [-0.2, 0) is 28.4 Å². The zero-order chi connectivity index (χ0) is 18.7. The van der Waals surface area contributed by atoms with Gasteiger partial charge < -0.3 is 14.6 Å². The highest BCUT2D eigenvalue weighted by atomic mass is 32.2. The topological polar surface area (TPSA) is 80.6 Å². The number of carbonyl (C=O) groups is 1. The van der Waals surface area contributed by atoms with E-state index in [4.69, 9.17) is 4.74 Å². The van der Waals surface area contributed by atoms with Crippen LogP contribution in [0.15, 0.2) is 41.4 Å². The summed E-state index contributed by atoms with van der Waals surface area (Å²) in [6, 6.07) is 8.77. The lowest BCUT2D eigenvalue weighted by Gasteiger charge is -2.13. The van der Waals surface area contributed by atoms with Crippen LogP contribution in [0, 0.1) is 0 Å². The Morgan fingerprint density at radius 3 is 2.65 bits per heavy atom. The lowest BCUT2D eigenvalue weighted by atomic mass is 10.2. The molecule has 2 aromatic rings. The second-order valence-electron chi connectivity index (χ2n) is 6.37. The number of sulfonamides is 1. The second kappa shape index (κ2) is 7.61. The summed E-state index contributed by atoms with van der Waals surface area (Å²) in [5, 5.41) is 2.81. The minimum atomic E-state index is -3.54. The fraction of sp³-hybridized carbons (Fsp3) is 0.389. The normalized spacial score (nSPS) is 15.3. The van der Waals surface area contributed by atoms with Crippen molar-refractivity contribution in [1.82, 2.24) is 8.87 Å². The molecule has 1 amide bonds. The molecule has 0 atom stereocenters. The molecule has 8 heteroatoms. The minimum Gasteiger partial charge on any atom is -0.380 e. The molecule has 0 bridgehead atoms. The first-order valence-corrected chi connectivity index (χ1v) is 9.91. The maximum atomic E-state index is 12.7. The summed E-state index contributed by atoms with van der Waals surface area (Å²) >= 11 is 0. The molecule has 1 aliphatic heterocycles.